The molecule has 1 aliphatic rings. The van der Waals surface area contributed by atoms with Crippen molar-refractivity contribution in [2.75, 3.05) is 0 Å². The molecule has 0 amide bonds. The van der Waals surface area contributed by atoms with Gasteiger partial charge in [-0.3, -0.25) is 0 Å². The van der Waals surface area contributed by atoms with Crippen molar-refractivity contribution in [2.45, 2.75) is 6.42 Å². The van der Waals surface area contributed by atoms with Crippen molar-refractivity contribution >= 4 is 11.5 Å². The fourth-order valence-electron chi connectivity index (χ4n) is 1.09. The van der Waals surface area contributed by atoms with Crippen LogP contribution in [0.5, 0.6) is 0 Å². The van der Waals surface area contributed by atoms with Crippen LogP contribution in [0.25, 0.3) is 0 Å². The van der Waals surface area contributed by atoms with Gasteiger partial charge in [0.2, 0.25) is 0 Å². The SMILES string of the molecule is Fc1ccc(N=C2CC=CON2)cc1. The van der Waals surface area contributed by atoms with Gasteiger partial charge in [-0.15, -0.1) is 0 Å². The maximum absolute atomic E-state index is 12.6. The van der Waals surface area contributed by atoms with Gasteiger partial charge in [-0.05, 0) is 30.3 Å². The van der Waals surface area contributed by atoms with Gasteiger partial charge in [0.15, 0.2) is 0 Å². The lowest BCUT2D eigenvalue weighted by Crippen LogP contribution is -2.23. The van der Waals surface area contributed by atoms with E-state index in [2.05, 4.69) is 10.5 Å². The van der Waals surface area contributed by atoms with Crippen molar-refractivity contribution in [3.8, 4) is 0 Å². The summed E-state index contributed by atoms with van der Waals surface area (Å²) >= 11 is 0. The van der Waals surface area contributed by atoms with Gasteiger partial charge in [0.25, 0.3) is 0 Å². The summed E-state index contributed by atoms with van der Waals surface area (Å²) in [4.78, 5) is 9.06. The molecule has 72 valence electrons. The molecule has 0 bridgehead atoms. The highest BCUT2D eigenvalue weighted by atomic mass is 19.1. The van der Waals surface area contributed by atoms with Crippen LogP contribution in [-0.4, -0.2) is 5.84 Å². The molecule has 0 saturated heterocycles. The molecule has 0 radical (unpaired) electrons. The van der Waals surface area contributed by atoms with Crippen molar-refractivity contribution in [1.82, 2.24) is 5.48 Å². The smallest absolute Gasteiger partial charge is 0.141 e. The summed E-state index contributed by atoms with van der Waals surface area (Å²) in [5.74, 6) is 0.445. The second kappa shape index (κ2) is 3.91. The lowest BCUT2D eigenvalue weighted by molar-refractivity contribution is 0.185. The minimum atomic E-state index is -0.262. The molecule has 1 aromatic rings. The van der Waals surface area contributed by atoms with E-state index in [1.54, 1.807) is 18.4 Å². The van der Waals surface area contributed by atoms with Crippen molar-refractivity contribution in [2.24, 2.45) is 4.99 Å². The van der Waals surface area contributed by atoms with Crippen LogP contribution in [-0.2, 0) is 4.84 Å². The first-order valence-corrected chi connectivity index (χ1v) is 4.24. The van der Waals surface area contributed by atoms with Crippen LogP contribution in [0.3, 0.4) is 0 Å². The van der Waals surface area contributed by atoms with Crippen LogP contribution in [0.15, 0.2) is 41.6 Å². The van der Waals surface area contributed by atoms with E-state index in [1.165, 1.54) is 12.1 Å². The van der Waals surface area contributed by atoms with Gasteiger partial charge >= 0.3 is 0 Å². The van der Waals surface area contributed by atoms with E-state index in [-0.39, 0.29) is 5.82 Å². The fourth-order valence-corrected chi connectivity index (χ4v) is 1.09. The average molecular weight is 192 g/mol. The minimum Gasteiger partial charge on any atom is -0.389 e. The predicted octanol–water partition coefficient (Wildman–Crippen LogP) is 2.29. The first-order chi connectivity index (χ1) is 6.84. The molecule has 1 N–H and O–H groups in total. The summed E-state index contributed by atoms with van der Waals surface area (Å²) in [7, 11) is 0. The summed E-state index contributed by atoms with van der Waals surface area (Å²) in [5.41, 5.74) is 3.35. The quantitative estimate of drug-likeness (QED) is 0.740. The van der Waals surface area contributed by atoms with Gasteiger partial charge < -0.3 is 4.84 Å². The van der Waals surface area contributed by atoms with Crippen LogP contribution >= 0.6 is 0 Å². The molecule has 1 aliphatic heterocycles. The Morgan fingerprint density at radius 2 is 2.07 bits per heavy atom. The number of nitrogens with zero attached hydrogens (tertiary/aromatic N) is 1. The Balaban J connectivity index is 2.16. The fraction of sp³-hybridized carbons (Fsp3) is 0.100. The summed E-state index contributed by atoms with van der Waals surface area (Å²) < 4.78 is 12.6. The van der Waals surface area contributed by atoms with Crippen LogP contribution < -0.4 is 5.48 Å². The molecule has 0 unspecified atom stereocenters. The lowest BCUT2D eigenvalue weighted by atomic mass is 10.3. The van der Waals surface area contributed by atoms with E-state index in [0.717, 1.165) is 0 Å². The Kier molecular flexibility index (Phi) is 2.44. The molecular formula is C10H9FN2O. The third-order valence-electron chi connectivity index (χ3n) is 1.74. The number of nitrogens with one attached hydrogen (secondary N) is 1. The third-order valence-corrected chi connectivity index (χ3v) is 1.74. The van der Waals surface area contributed by atoms with E-state index in [4.69, 9.17) is 4.84 Å². The molecule has 1 aromatic carbocycles. The second-order valence-electron chi connectivity index (χ2n) is 2.83. The molecule has 2 rings (SSSR count). The van der Waals surface area contributed by atoms with E-state index in [9.17, 15) is 4.39 Å². The maximum Gasteiger partial charge on any atom is 0.141 e. The Morgan fingerprint density at radius 3 is 2.71 bits per heavy atom. The molecule has 0 atom stereocenters. The molecule has 0 aliphatic carbocycles. The highest BCUT2D eigenvalue weighted by Gasteiger charge is 2.01. The van der Waals surface area contributed by atoms with Gasteiger partial charge in [0.1, 0.15) is 17.9 Å². The predicted molar refractivity (Wildman–Crippen MR) is 51.5 cm³/mol. The van der Waals surface area contributed by atoms with Crippen molar-refractivity contribution in [3.05, 3.63) is 42.4 Å². The molecule has 0 fully saturated rings. The Hall–Kier alpha value is -1.84. The van der Waals surface area contributed by atoms with Gasteiger partial charge in [-0.2, -0.15) is 0 Å². The second-order valence-corrected chi connectivity index (χ2v) is 2.83. The summed E-state index contributed by atoms with van der Waals surface area (Å²) in [6.45, 7) is 0. The number of benzene rings is 1. The molecule has 3 nitrogen and oxygen atoms in total. The van der Waals surface area contributed by atoms with Crippen LogP contribution in [0.4, 0.5) is 10.1 Å². The van der Waals surface area contributed by atoms with E-state index >= 15 is 0 Å². The zero-order valence-corrected chi connectivity index (χ0v) is 7.40. The number of hydrogen-bond donors (Lipinski definition) is 1. The largest absolute Gasteiger partial charge is 0.389 e. The molecule has 1 heterocycles. The zero-order chi connectivity index (χ0) is 9.80. The van der Waals surface area contributed by atoms with Crippen molar-refractivity contribution in [1.29, 1.82) is 0 Å². The van der Waals surface area contributed by atoms with E-state index in [1.807, 2.05) is 6.08 Å². The number of hydroxylamine groups is 1. The number of aliphatic imine (C=N–C) groups is 1. The highest BCUT2D eigenvalue weighted by Crippen LogP contribution is 2.13. The zero-order valence-electron chi connectivity index (χ0n) is 7.40. The first-order valence-electron chi connectivity index (χ1n) is 4.24. The number of hydrogen-bond acceptors (Lipinski definition) is 2. The monoisotopic (exact) mass is 192 g/mol. The maximum atomic E-state index is 12.6. The Labute approximate surface area is 80.9 Å². The van der Waals surface area contributed by atoms with Crippen LogP contribution in [0, 0.1) is 5.82 Å². The normalized spacial score (nSPS) is 17.6. The van der Waals surface area contributed by atoms with Crippen LogP contribution in [0.1, 0.15) is 6.42 Å². The van der Waals surface area contributed by atoms with Gasteiger partial charge in [-0.25, -0.2) is 14.9 Å². The molecule has 4 heteroatoms. The Morgan fingerprint density at radius 1 is 1.29 bits per heavy atom. The van der Waals surface area contributed by atoms with Gasteiger partial charge in [-0.1, -0.05) is 0 Å². The molecule has 0 aromatic heterocycles. The number of halogens is 1. The number of amidine groups is 1. The van der Waals surface area contributed by atoms with E-state index in [0.29, 0.717) is 17.9 Å². The Bertz CT molecular complexity index is 370. The summed E-state index contributed by atoms with van der Waals surface area (Å²) in [6.07, 6.45) is 4.10. The molecule has 0 spiro atoms. The van der Waals surface area contributed by atoms with Crippen LogP contribution in [0.2, 0.25) is 0 Å². The van der Waals surface area contributed by atoms with Gasteiger partial charge in [0, 0.05) is 6.42 Å². The molecule has 14 heavy (non-hydrogen) atoms. The highest BCUT2D eigenvalue weighted by molar-refractivity contribution is 5.85. The van der Waals surface area contributed by atoms with Crippen molar-refractivity contribution < 1.29 is 9.23 Å². The van der Waals surface area contributed by atoms with E-state index < -0.39 is 0 Å². The lowest BCUT2D eigenvalue weighted by Gasteiger charge is -2.10. The summed E-state index contributed by atoms with van der Waals surface area (Å²) in [5, 5.41) is 0. The molecular weight excluding hydrogens is 183 g/mol. The average Bonchev–Trinajstić information content (AvgIpc) is 2.23. The minimum absolute atomic E-state index is 0.262. The number of rotatable bonds is 1. The summed E-state index contributed by atoms with van der Waals surface area (Å²) in [6, 6.07) is 5.97. The first kappa shape index (κ1) is 8.74. The molecule has 0 saturated carbocycles. The van der Waals surface area contributed by atoms with Crippen molar-refractivity contribution in [3.63, 3.8) is 0 Å². The standard InChI is InChI=1S/C10H9FN2O/c11-8-3-5-9(6-4-8)12-10-2-1-7-14-13-10/h1,3-7H,2H2,(H,12,13). The topological polar surface area (TPSA) is 33.6 Å². The third kappa shape index (κ3) is 2.10. The van der Waals surface area contributed by atoms with Gasteiger partial charge in [0.05, 0.1) is 5.69 Å².